The smallest absolute Gasteiger partial charge is 0.320 e. The van der Waals surface area contributed by atoms with Gasteiger partial charge in [-0.3, -0.25) is 9.52 Å². The maximum atomic E-state index is 11.4. The quantitative estimate of drug-likeness (QED) is 0.851. The molecule has 0 aliphatic rings. The number of methoxy groups -OCH3 is 1. The van der Waals surface area contributed by atoms with Gasteiger partial charge in [0.05, 0.1) is 17.3 Å². The van der Waals surface area contributed by atoms with Gasteiger partial charge in [0.2, 0.25) is 10.0 Å². The van der Waals surface area contributed by atoms with Crippen LogP contribution in [0, 0.1) is 0 Å². The number of hydrogen-bond acceptors (Lipinski definition) is 4. The molecule has 0 amide bonds. The molecule has 0 saturated heterocycles. The molecule has 17 heavy (non-hydrogen) atoms. The molecule has 1 aromatic rings. The van der Waals surface area contributed by atoms with Crippen LogP contribution in [0.5, 0.6) is 5.75 Å². The Morgan fingerprint density at radius 1 is 1.53 bits per heavy atom. The van der Waals surface area contributed by atoms with Crippen LogP contribution < -0.4 is 9.46 Å². The molecule has 0 aliphatic heterocycles. The summed E-state index contributed by atoms with van der Waals surface area (Å²) >= 11 is 3.21. The number of carboxylic acid groups (broad SMARTS) is 1. The average Bonchev–Trinajstić information content (AvgIpc) is 2.18. The SMILES string of the molecule is COc1cc(NS(=O)(=O)CC(=O)O)ccc1Br. The third-order valence-corrected chi connectivity index (χ3v) is 3.57. The van der Waals surface area contributed by atoms with E-state index in [1.165, 1.54) is 19.2 Å². The summed E-state index contributed by atoms with van der Waals surface area (Å²) in [5.74, 6) is -1.95. The van der Waals surface area contributed by atoms with Crippen molar-refractivity contribution in [3.05, 3.63) is 22.7 Å². The van der Waals surface area contributed by atoms with Gasteiger partial charge in [0.25, 0.3) is 0 Å². The zero-order valence-corrected chi connectivity index (χ0v) is 11.2. The Labute approximate surface area is 107 Å². The summed E-state index contributed by atoms with van der Waals surface area (Å²) in [7, 11) is -2.45. The van der Waals surface area contributed by atoms with E-state index < -0.39 is 21.7 Å². The van der Waals surface area contributed by atoms with Crippen LogP contribution in [0.2, 0.25) is 0 Å². The highest BCUT2D eigenvalue weighted by molar-refractivity contribution is 9.10. The van der Waals surface area contributed by atoms with Crippen LogP contribution >= 0.6 is 15.9 Å². The van der Waals surface area contributed by atoms with E-state index in [9.17, 15) is 13.2 Å². The summed E-state index contributed by atoms with van der Waals surface area (Å²) in [6, 6.07) is 4.53. The Hall–Kier alpha value is -1.28. The Morgan fingerprint density at radius 2 is 2.18 bits per heavy atom. The molecule has 1 rings (SSSR count). The van der Waals surface area contributed by atoms with Crippen molar-refractivity contribution in [2.24, 2.45) is 0 Å². The molecule has 0 unspecified atom stereocenters. The van der Waals surface area contributed by atoms with E-state index in [1.807, 2.05) is 0 Å². The Balaban J connectivity index is 2.92. The minimum absolute atomic E-state index is 0.242. The number of anilines is 1. The largest absolute Gasteiger partial charge is 0.495 e. The molecule has 0 spiro atoms. The van der Waals surface area contributed by atoms with Gasteiger partial charge in [-0.05, 0) is 28.1 Å². The lowest BCUT2D eigenvalue weighted by Crippen LogP contribution is -2.22. The fraction of sp³-hybridized carbons (Fsp3) is 0.222. The van der Waals surface area contributed by atoms with E-state index in [-0.39, 0.29) is 5.69 Å². The molecule has 0 radical (unpaired) electrons. The number of carboxylic acids is 1. The highest BCUT2D eigenvalue weighted by Crippen LogP contribution is 2.28. The van der Waals surface area contributed by atoms with Gasteiger partial charge in [0.15, 0.2) is 5.75 Å². The molecule has 0 fully saturated rings. The van der Waals surface area contributed by atoms with Gasteiger partial charge in [-0.1, -0.05) is 0 Å². The molecule has 0 saturated carbocycles. The van der Waals surface area contributed by atoms with Crippen molar-refractivity contribution in [3.63, 3.8) is 0 Å². The molecule has 0 aromatic heterocycles. The molecule has 94 valence electrons. The first-order valence-electron chi connectivity index (χ1n) is 4.40. The number of carbonyl (C=O) groups is 1. The monoisotopic (exact) mass is 323 g/mol. The zero-order valence-electron chi connectivity index (χ0n) is 8.81. The van der Waals surface area contributed by atoms with Gasteiger partial charge in [-0.15, -0.1) is 0 Å². The summed E-state index contributed by atoms with van der Waals surface area (Å²) in [5, 5.41) is 8.42. The predicted molar refractivity (Wildman–Crippen MR) is 65.7 cm³/mol. The second-order valence-electron chi connectivity index (χ2n) is 3.10. The standard InChI is InChI=1S/C9H10BrNO5S/c1-16-8-4-6(2-3-7(8)10)11-17(14,15)5-9(12)13/h2-4,11H,5H2,1H3,(H,12,13). The van der Waals surface area contributed by atoms with Crippen molar-refractivity contribution in [1.29, 1.82) is 0 Å². The lowest BCUT2D eigenvalue weighted by molar-refractivity contribution is -0.134. The molecular weight excluding hydrogens is 314 g/mol. The minimum Gasteiger partial charge on any atom is -0.495 e. The number of hydrogen-bond donors (Lipinski definition) is 2. The third kappa shape index (κ3) is 4.23. The average molecular weight is 324 g/mol. The first-order chi connectivity index (χ1) is 7.84. The molecule has 6 nitrogen and oxygen atoms in total. The number of rotatable bonds is 5. The van der Waals surface area contributed by atoms with Crippen LogP contribution in [-0.2, 0) is 14.8 Å². The van der Waals surface area contributed by atoms with Gasteiger partial charge in [0, 0.05) is 6.07 Å². The maximum absolute atomic E-state index is 11.4. The highest BCUT2D eigenvalue weighted by atomic mass is 79.9. The van der Waals surface area contributed by atoms with Gasteiger partial charge in [-0.25, -0.2) is 8.42 Å². The van der Waals surface area contributed by atoms with E-state index in [1.54, 1.807) is 6.07 Å². The van der Waals surface area contributed by atoms with E-state index in [0.29, 0.717) is 10.2 Å². The Morgan fingerprint density at radius 3 is 2.71 bits per heavy atom. The van der Waals surface area contributed by atoms with E-state index >= 15 is 0 Å². The van der Waals surface area contributed by atoms with Gasteiger partial charge in [-0.2, -0.15) is 0 Å². The normalized spacial score (nSPS) is 10.9. The number of halogens is 1. The van der Waals surface area contributed by atoms with Crippen LogP contribution in [0.25, 0.3) is 0 Å². The summed E-state index contributed by atoms with van der Waals surface area (Å²) in [6.07, 6.45) is 0. The van der Waals surface area contributed by atoms with Crippen molar-refractivity contribution in [3.8, 4) is 5.75 Å². The van der Waals surface area contributed by atoms with E-state index in [0.717, 1.165) is 0 Å². The fourth-order valence-electron chi connectivity index (χ4n) is 1.10. The summed E-state index contributed by atoms with van der Waals surface area (Å²) in [6.45, 7) is 0. The third-order valence-electron chi connectivity index (χ3n) is 1.74. The number of aliphatic carboxylic acids is 1. The maximum Gasteiger partial charge on any atom is 0.320 e. The van der Waals surface area contributed by atoms with Crippen LogP contribution in [-0.4, -0.2) is 32.4 Å². The summed E-state index contributed by atoms with van der Waals surface area (Å²) in [5.41, 5.74) is 0.242. The fourth-order valence-corrected chi connectivity index (χ4v) is 2.39. The van der Waals surface area contributed by atoms with E-state index in [2.05, 4.69) is 20.7 Å². The van der Waals surface area contributed by atoms with Crippen LogP contribution in [0.15, 0.2) is 22.7 Å². The van der Waals surface area contributed by atoms with Crippen molar-refractivity contribution >= 4 is 37.6 Å². The number of nitrogens with one attached hydrogen (secondary N) is 1. The Kier molecular flexibility index (Phi) is 4.35. The molecule has 0 aliphatic carbocycles. The molecule has 8 heteroatoms. The minimum atomic E-state index is -3.89. The van der Waals surface area contributed by atoms with Crippen molar-refractivity contribution in [2.45, 2.75) is 0 Å². The highest BCUT2D eigenvalue weighted by Gasteiger charge is 2.16. The van der Waals surface area contributed by atoms with Gasteiger partial charge < -0.3 is 9.84 Å². The first kappa shape index (κ1) is 13.8. The predicted octanol–water partition coefficient (Wildman–Crippen LogP) is 1.28. The molecule has 0 atom stereocenters. The topological polar surface area (TPSA) is 92.7 Å². The van der Waals surface area contributed by atoms with Gasteiger partial charge >= 0.3 is 5.97 Å². The van der Waals surface area contributed by atoms with Crippen molar-refractivity contribution in [2.75, 3.05) is 17.6 Å². The zero-order chi connectivity index (χ0) is 13.1. The first-order valence-corrected chi connectivity index (χ1v) is 6.84. The molecule has 0 heterocycles. The second-order valence-corrected chi connectivity index (χ2v) is 5.68. The van der Waals surface area contributed by atoms with Crippen LogP contribution in [0.3, 0.4) is 0 Å². The lowest BCUT2D eigenvalue weighted by Gasteiger charge is -2.08. The summed E-state index contributed by atoms with van der Waals surface area (Å²) in [4.78, 5) is 10.3. The van der Waals surface area contributed by atoms with Crippen molar-refractivity contribution in [1.82, 2.24) is 0 Å². The van der Waals surface area contributed by atoms with Crippen LogP contribution in [0.4, 0.5) is 5.69 Å². The molecule has 0 bridgehead atoms. The van der Waals surface area contributed by atoms with Crippen LogP contribution in [0.1, 0.15) is 0 Å². The number of ether oxygens (including phenoxy) is 1. The van der Waals surface area contributed by atoms with Crippen molar-refractivity contribution < 1.29 is 23.1 Å². The second kappa shape index (κ2) is 5.37. The Bertz CT molecular complexity index is 528. The molecular formula is C9H10BrNO5S. The molecule has 2 N–H and O–H groups in total. The molecule has 1 aromatic carbocycles. The van der Waals surface area contributed by atoms with Gasteiger partial charge in [0.1, 0.15) is 5.75 Å². The van der Waals surface area contributed by atoms with E-state index in [4.69, 9.17) is 9.84 Å². The number of benzene rings is 1. The number of sulfonamides is 1. The summed E-state index contributed by atoms with van der Waals surface area (Å²) < 4.78 is 30.5. The lowest BCUT2D eigenvalue weighted by atomic mass is 10.3.